The topological polar surface area (TPSA) is 24.9 Å². The fraction of sp³-hybridized carbons (Fsp3) is 0.0833. The predicted octanol–water partition coefficient (Wildman–Crippen LogP) is 4.31. The SMILES string of the molecule is Cc1cnc(Nc2cc(F)c(F)c(F)c2)c(Br)c1. The molecular weight excluding hydrogens is 309 g/mol. The van der Waals surface area contributed by atoms with Crippen LogP contribution in [0.25, 0.3) is 0 Å². The first-order valence-corrected chi connectivity index (χ1v) is 5.80. The minimum Gasteiger partial charge on any atom is -0.339 e. The third kappa shape index (κ3) is 2.64. The number of nitrogens with one attached hydrogen (secondary N) is 1. The van der Waals surface area contributed by atoms with Gasteiger partial charge in [-0.25, -0.2) is 18.2 Å². The number of nitrogens with zero attached hydrogens (tertiary/aromatic N) is 1. The Morgan fingerprint density at radius 1 is 1.11 bits per heavy atom. The molecular formula is C12H8BrF3N2. The standard InChI is InChI=1S/C12H8BrF3N2/c1-6-2-8(13)12(17-5-6)18-7-3-9(14)11(16)10(15)4-7/h2-5H,1H3,(H,17,18). The van der Waals surface area contributed by atoms with E-state index in [-0.39, 0.29) is 5.69 Å². The van der Waals surface area contributed by atoms with Crippen LogP contribution in [0.1, 0.15) is 5.56 Å². The van der Waals surface area contributed by atoms with E-state index >= 15 is 0 Å². The fourth-order valence-corrected chi connectivity index (χ4v) is 1.95. The monoisotopic (exact) mass is 316 g/mol. The number of aryl methyl sites for hydroxylation is 1. The summed E-state index contributed by atoms with van der Waals surface area (Å²) >= 11 is 3.27. The zero-order valence-corrected chi connectivity index (χ0v) is 10.9. The van der Waals surface area contributed by atoms with E-state index in [1.165, 1.54) is 0 Å². The highest BCUT2D eigenvalue weighted by Gasteiger charge is 2.11. The number of aromatic nitrogens is 1. The number of hydrogen-bond acceptors (Lipinski definition) is 2. The molecule has 0 saturated heterocycles. The lowest BCUT2D eigenvalue weighted by Crippen LogP contribution is -1.98. The molecule has 1 aromatic heterocycles. The van der Waals surface area contributed by atoms with E-state index in [1.54, 1.807) is 12.3 Å². The first-order valence-electron chi connectivity index (χ1n) is 5.01. The van der Waals surface area contributed by atoms with Crippen molar-refractivity contribution in [2.45, 2.75) is 6.92 Å². The maximum atomic E-state index is 13.0. The number of halogens is 4. The summed E-state index contributed by atoms with van der Waals surface area (Å²) in [5, 5.41) is 2.70. The van der Waals surface area contributed by atoms with Crippen molar-refractivity contribution in [2.75, 3.05) is 5.32 Å². The van der Waals surface area contributed by atoms with E-state index in [4.69, 9.17) is 0 Å². The van der Waals surface area contributed by atoms with Crippen molar-refractivity contribution in [3.05, 3.63) is 51.9 Å². The maximum Gasteiger partial charge on any atom is 0.194 e. The molecule has 0 fully saturated rings. The van der Waals surface area contributed by atoms with Gasteiger partial charge in [-0.2, -0.15) is 0 Å². The molecule has 0 radical (unpaired) electrons. The highest BCUT2D eigenvalue weighted by Crippen LogP contribution is 2.26. The molecule has 94 valence electrons. The molecule has 18 heavy (non-hydrogen) atoms. The average Bonchev–Trinajstić information content (AvgIpc) is 2.29. The molecule has 0 amide bonds. The van der Waals surface area contributed by atoms with Gasteiger partial charge in [0.15, 0.2) is 17.5 Å². The Balaban J connectivity index is 2.34. The van der Waals surface area contributed by atoms with Gasteiger partial charge in [0.05, 0.1) is 4.47 Å². The van der Waals surface area contributed by atoms with Crippen molar-refractivity contribution < 1.29 is 13.2 Å². The molecule has 0 bridgehead atoms. The Morgan fingerprint density at radius 3 is 2.28 bits per heavy atom. The molecule has 1 aromatic carbocycles. The number of hydrogen-bond donors (Lipinski definition) is 1. The van der Waals surface area contributed by atoms with Crippen LogP contribution in [0.5, 0.6) is 0 Å². The minimum atomic E-state index is -1.49. The summed E-state index contributed by atoms with van der Waals surface area (Å²) in [5.41, 5.74) is 1.02. The normalized spacial score (nSPS) is 10.5. The Bertz CT molecular complexity index is 579. The highest BCUT2D eigenvalue weighted by atomic mass is 79.9. The largest absolute Gasteiger partial charge is 0.339 e. The van der Waals surface area contributed by atoms with E-state index in [9.17, 15) is 13.2 Å². The minimum absolute atomic E-state index is 0.0865. The van der Waals surface area contributed by atoms with Crippen LogP contribution in [-0.2, 0) is 0 Å². The van der Waals surface area contributed by atoms with Crippen LogP contribution in [0, 0.1) is 24.4 Å². The van der Waals surface area contributed by atoms with Crippen molar-refractivity contribution in [2.24, 2.45) is 0 Å². The summed E-state index contributed by atoms with van der Waals surface area (Å²) in [6.07, 6.45) is 1.60. The molecule has 1 N–H and O–H groups in total. The van der Waals surface area contributed by atoms with Crippen LogP contribution >= 0.6 is 15.9 Å². The smallest absolute Gasteiger partial charge is 0.194 e. The molecule has 2 nitrogen and oxygen atoms in total. The first kappa shape index (κ1) is 12.9. The summed E-state index contributed by atoms with van der Waals surface area (Å²) < 4.78 is 39.5. The zero-order valence-electron chi connectivity index (χ0n) is 9.27. The number of benzene rings is 1. The second-order valence-corrected chi connectivity index (χ2v) is 4.58. The van der Waals surface area contributed by atoms with Gasteiger partial charge in [0.1, 0.15) is 5.82 Å². The number of pyridine rings is 1. The van der Waals surface area contributed by atoms with Crippen molar-refractivity contribution in [1.29, 1.82) is 0 Å². The van der Waals surface area contributed by atoms with Crippen LogP contribution in [0.15, 0.2) is 28.9 Å². The van der Waals surface area contributed by atoms with Crippen molar-refractivity contribution in [1.82, 2.24) is 4.98 Å². The molecule has 2 aromatic rings. The molecule has 0 aliphatic rings. The Labute approximate surface area is 110 Å². The van der Waals surface area contributed by atoms with Gasteiger partial charge in [0.2, 0.25) is 0 Å². The molecule has 0 unspecified atom stereocenters. The van der Waals surface area contributed by atoms with Gasteiger partial charge < -0.3 is 5.32 Å². The van der Waals surface area contributed by atoms with Crippen LogP contribution in [-0.4, -0.2) is 4.98 Å². The van der Waals surface area contributed by atoms with E-state index in [1.807, 2.05) is 6.92 Å². The lowest BCUT2D eigenvalue weighted by Gasteiger charge is -2.08. The highest BCUT2D eigenvalue weighted by molar-refractivity contribution is 9.10. The number of rotatable bonds is 2. The van der Waals surface area contributed by atoms with Crippen LogP contribution in [0.3, 0.4) is 0 Å². The van der Waals surface area contributed by atoms with Crippen LogP contribution < -0.4 is 5.32 Å². The molecule has 0 spiro atoms. The average molecular weight is 317 g/mol. The number of anilines is 2. The Hall–Kier alpha value is -1.56. The quantitative estimate of drug-likeness (QED) is 0.835. The lowest BCUT2D eigenvalue weighted by atomic mass is 10.2. The van der Waals surface area contributed by atoms with Gasteiger partial charge in [-0.3, -0.25) is 0 Å². The Morgan fingerprint density at radius 2 is 1.72 bits per heavy atom. The summed E-state index contributed by atoms with van der Waals surface area (Å²) in [5.74, 6) is -3.59. The summed E-state index contributed by atoms with van der Waals surface area (Å²) in [7, 11) is 0. The van der Waals surface area contributed by atoms with Gasteiger partial charge in [0.25, 0.3) is 0 Å². The molecule has 0 atom stereocenters. The van der Waals surface area contributed by atoms with Gasteiger partial charge in [0, 0.05) is 24.0 Å². The van der Waals surface area contributed by atoms with E-state index in [0.29, 0.717) is 10.3 Å². The van der Waals surface area contributed by atoms with Crippen molar-refractivity contribution >= 4 is 27.4 Å². The Kier molecular flexibility index (Phi) is 3.56. The van der Waals surface area contributed by atoms with Gasteiger partial charge in [-0.15, -0.1) is 0 Å². The third-order valence-electron chi connectivity index (χ3n) is 2.22. The van der Waals surface area contributed by atoms with E-state index in [2.05, 4.69) is 26.2 Å². The summed E-state index contributed by atoms with van der Waals surface area (Å²) in [4.78, 5) is 4.06. The van der Waals surface area contributed by atoms with Gasteiger partial charge in [-0.05, 0) is 34.5 Å². The second-order valence-electron chi connectivity index (χ2n) is 3.72. The molecule has 2 rings (SSSR count). The molecule has 1 heterocycles. The van der Waals surface area contributed by atoms with E-state index < -0.39 is 17.5 Å². The molecule has 0 aliphatic heterocycles. The zero-order chi connectivity index (χ0) is 13.3. The third-order valence-corrected chi connectivity index (χ3v) is 2.83. The van der Waals surface area contributed by atoms with Crippen molar-refractivity contribution in [3.8, 4) is 0 Å². The van der Waals surface area contributed by atoms with Gasteiger partial charge >= 0.3 is 0 Å². The fourth-order valence-electron chi connectivity index (χ4n) is 1.39. The van der Waals surface area contributed by atoms with Crippen LogP contribution in [0.2, 0.25) is 0 Å². The van der Waals surface area contributed by atoms with E-state index in [0.717, 1.165) is 17.7 Å². The summed E-state index contributed by atoms with van der Waals surface area (Å²) in [6, 6.07) is 3.53. The lowest BCUT2D eigenvalue weighted by molar-refractivity contribution is 0.448. The molecule has 0 saturated carbocycles. The maximum absolute atomic E-state index is 13.0. The molecule has 0 aliphatic carbocycles. The molecule has 6 heteroatoms. The predicted molar refractivity (Wildman–Crippen MR) is 66.3 cm³/mol. The van der Waals surface area contributed by atoms with Gasteiger partial charge in [-0.1, -0.05) is 0 Å². The van der Waals surface area contributed by atoms with Crippen LogP contribution in [0.4, 0.5) is 24.7 Å². The summed E-state index contributed by atoms with van der Waals surface area (Å²) in [6.45, 7) is 1.86. The van der Waals surface area contributed by atoms with Crippen molar-refractivity contribution in [3.63, 3.8) is 0 Å². The first-order chi connectivity index (χ1) is 8.47. The second kappa shape index (κ2) is 4.97.